The van der Waals surface area contributed by atoms with E-state index >= 15 is 0 Å². The molecule has 0 aliphatic heterocycles. The molecule has 3 N–H and O–H groups in total. The number of carboxylic acid groups (broad SMARTS) is 1. The molecule has 0 radical (unpaired) electrons. The molecule has 1 atom stereocenters. The van der Waals surface area contributed by atoms with E-state index in [0.717, 1.165) is 12.8 Å². The van der Waals surface area contributed by atoms with Gasteiger partial charge in [-0.1, -0.05) is 45.4 Å². The zero-order valence-corrected chi connectivity index (χ0v) is 11.9. The predicted octanol–water partition coefficient (Wildman–Crippen LogP) is 2.47. The molecule has 5 nitrogen and oxygen atoms in total. The number of esters is 1. The minimum Gasteiger partial charge on any atom is -0.480 e. The van der Waals surface area contributed by atoms with Crippen molar-refractivity contribution in [1.29, 1.82) is 0 Å². The summed E-state index contributed by atoms with van der Waals surface area (Å²) in [6, 6.07) is -0.980. The Bertz CT molecular complexity index is 256. The SMILES string of the molecule is CCCCCCCCCOC(=O)CC[C@H](N)C(=O)O. The molecule has 0 saturated carbocycles. The fraction of sp³-hybridized carbons (Fsp3) is 0.857. The number of aliphatic carboxylic acids is 1. The summed E-state index contributed by atoms with van der Waals surface area (Å²) in [5.41, 5.74) is 5.29. The molecule has 0 rings (SSSR count). The van der Waals surface area contributed by atoms with Crippen LogP contribution in [-0.2, 0) is 14.3 Å². The Kier molecular flexibility index (Phi) is 11.3. The van der Waals surface area contributed by atoms with E-state index in [1.54, 1.807) is 0 Å². The lowest BCUT2D eigenvalue weighted by molar-refractivity contribution is -0.144. The smallest absolute Gasteiger partial charge is 0.320 e. The van der Waals surface area contributed by atoms with Crippen LogP contribution >= 0.6 is 0 Å². The van der Waals surface area contributed by atoms with Crippen molar-refractivity contribution in [3.05, 3.63) is 0 Å². The zero-order valence-electron chi connectivity index (χ0n) is 11.9. The summed E-state index contributed by atoms with van der Waals surface area (Å²) >= 11 is 0. The molecule has 0 aliphatic rings. The van der Waals surface area contributed by atoms with E-state index in [9.17, 15) is 9.59 Å². The van der Waals surface area contributed by atoms with Crippen molar-refractivity contribution in [2.24, 2.45) is 5.73 Å². The lowest BCUT2D eigenvalue weighted by atomic mass is 10.1. The van der Waals surface area contributed by atoms with Crippen molar-refractivity contribution in [2.45, 2.75) is 70.8 Å². The van der Waals surface area contributed by atoms with Crippen molar-refractivity contribution >= 4 is 11.9 Å². The molecular weight excluding hydrogens is 246 g/mol. The van der Waals surface area contributed by atoms with Gasteiger partial charge in [0.15, 0.2) is 0 Å². The number of rotatable bonds is 12. The van der Waals surface area contributed by atoms with Gasteiger partial charge in [-0.05, 0) is 12.8 Å². The number of unbranched alkanes of at least 4 members (excludes halogenated alkanes) is 6. The fourth-order valence-electron chi connectivity index (χ4n) is 1.71. The molecule has 5 heteroatoms. The molecule has 19 heavy (non-hydrogen) atoms. The normalized spacial score (nSPS) is 12.1. The molecule has 0 bridgehead atoms. The van der Waals surface area contributed by atoms with Crippen molar-refractivity contribution in [2.75, 3.05) is 6.61 Å². The van der Waals surface area contributed by atoms with E-state index in [1.807, 2.05) is 0 Å². The molecule has 0 aromatic heterocycles. The highest BCUT2D eigenvalue weighted by atomic mass is 16.5. The van der Waals surface area contributed by atoms with Gasteiger partial charge in [-0.25, -0.2) is 0 Å². The third-order valence-electron chi connectivity index (χ3n) is 2.99. The first-order chi connectivity index (χ1) is 9.07. The van der Waals surface area contributed by atoms with Gasteiger partial charge < -0.3 is 15.6 Å². The van der Waals surface area contributed by atoms with Crippen LogP contribution in [0.3, 0.4) is 0 Å². The summed E-state index contributed by atoms with van der Waals surface area (Å²) in [4.78, 5) is 21.7. The van der Waals surface area contributed by atoms with E-state index in [-0.39, 0.29) is 18.8 Å². The minimum atomic E-state index is -1.08. The molecule has 0 aromatic carbocycles. The third-order valence-corrected chi connectivity index (χ3v) is 2.99. The van der Waals surface area contributed by atoms with E-state index in [4.69, 9.17) is 15.6 Å². The van der Waals surface area contributed by atoms with Gasteiger partial charge in [-0.2, -0.15) is 0 Å². The maximum atomic E-state index is 11.3. The Morgan fingerprint density at radius 1 is 1.11 bits per heavy atom. The van der Waals surface area contributed by atoms with Crippen LogP contribution in [0.25, 0.3) is 0 Å². The Balaban J connectivity index is 3.32. The second kappa shape index (κ2) is 12.0. The van der Waals surface area contributed by atoms with Gasteiger partial charge in [0.1, 0.15) is 6.04 Å². The van der Waals surface area contributed by atoms with Crippen LogP contribution in [0.1, 0.15) is 64.7 Å². The number of ether oxygens (including phenoxy) is 1. The minimum absolute atomic E-state index is 0.0734. The summed E-state index contributed by atoms with van der Waals surface area (Å²) in [7, 11) is 0. The topological polar surface area (TPSA) is 89.6 Å². The first kappa shape index (κ1) is 17.9. The van der Waals surface area contributed by atoms with Gasteiger partial charge in [-0.15, -0.1) is 0 Å². The Labute approximate surface area is 115 Å². The van der Waals surface area contributed by atoms with Crippen LogP contribution in [0, 0.1) is 0 Å². The number of carbonyl (C=O) groups excluding carboxylic acids is 1. The first-order valence-electron chi connectivity index (χ1n) is 7.22. The van der Waals surface area contributed by atoms with E-state index in [2.05, 4.69) is 6.92 Å². The molecule has 0 saturated heterocycles. The highest BCUT2D eigenvalue weighted by Gasteiger charge is 2.13. The number of carboxylic acids is 1. The van der Waals surface area contributed by atoms with Crippen molar-refractivity contribution in [3.8, 4) is 0 Å². The van der Waals surface area contributed by atoms with Crippen LogP contribution < -0.4 is 5.73 Å². The average Bonchev–Trinajstić information content (AvgIpc) is 2.38. The molecule has 0 amide bonds. The number of hydrogen-bond donors (Lipinski definition) is 2. The Morgan fingerprint density at radius 3 is 2.26 bits per heavy atom. The Hall–Kier alpha value is -1.10. The summed E-state index contributed by atoms with van der Waals surface area (Å²) in [6.45, 7) is 2.62. The van der Waals surface area contributed by atoms with E-state index in [1.165, 1.54) is 32.1 Å². The molecule has 0 heterocycles. The second-order valence-corrected chi connectivity index (χ2v) is 4.83. The summed E-state index contributed by atoms with van der Waals surface area (Å²) in [6.07, 6.45) is 8.40. The number of carbonyl (C=O) groups is 2. The van der Waals surface area contributed by atoms with Gasteiger partial charge in [0.25, 0.3) is 0 Å². The van der Waals surface area contributed by atoms with Crippen molar-refractivity contribution in [3.63, 3.8) is 0 Å². The highest BCUT2D eigenvalue weighted by molar-refractivity contribution is 5.75. The standard InChI is InChI=1S/C14H27NO4/c1-2-3-4-5-6-7-8-11-19-13(16)10-9-12(15)14(17)18/h12H,2-11,15H2,1H3,(H,17,18)/t12-/m0/s1. The van der Waals surface area contributed by atoms with E-state index < -0.39 is 12.0 Å². The lowest BCUT2D eigenvalue weighted by Gasteiger charge is -2.07. The molecular formula is C14H27NO4. The van der Waals surface area contributed by atoms with Gasteiger partial charge in [-0.3, -0.25) is 9.59 Å². The van der Waals surface area contributed by atoms with Crippen LogP contribution in [0.15, 0.2) is 0 Å². The lowest BCUT2D eigenvalue weighted by Crippen LogP contribution is -2.30. The molecule has 0 aliphatic carbocycles. The second-order valence-electron chi connectivity index (χ2n) is 4.83. The molecule has 0 unspecified atom stereocenters. The third kappa shape index (κ3) is 11.7. The fourth-order valence-corrected chi connectivity index (χ4v) is 1.71. The number of nitrogens with two attached hydrogens (primary N) is 1. The van der Waals surface area contributed by atoms with Crippen molar-refractivity contribution < 1.29 is 19.4 Å². The van der Waals surface area contributed by atoms with Gasteiger partial charge in [0.2, 0.25) is 0 Å². The molecule has 112 valence electrons. The van der Waals surface area contributed by atoms with Gasteiger partial charge in [0, 0.05) is 6.42 Å². The molecule has 0 aromatic rings. The van der Waals surface area contributed by atoms with E-state index in [0.29, 0.717) is 6.61 Å². The molecule has 0 spiro atoms. The predicted molar refractivity (Wildman–Crippen MR) is 73.8 cm³/mol. The van der Waals surface area contributed by atoms with Crippen LogP contribution in [0.2, 0.25) is 0 Å². The van der Waals surface area contributed by atoms with Crippen LogP contribution in [-0.4, -0.2) is 29.7 Å². The zero-order chi connectivity index (χ0) is 14.5. The number of hydrogen-bond acceptors (Lipinski definition) is 4. The summed E-state index contributed by atoms with van der Waals surface area (Å²) < 4.78 is 5.01. The maximum absolute atomic E-state index is 11.3. The van der Waals surface area contributed by atoms with Gasteiger partial charge in [0.05, 0.1) is 6.61 Å². The van der Waals surface area contributed by atoms with Gasteiger partial charge >= 0.3 is 11.9 Å². The largest absolute Gasteiger partial charge is 0.480 e. The quantitative estimate of drug-likeness (QED) is 0.421. The highest BCUT2D eigenvalue weighted by Crippen LogP contribution is 2.07. The van der Waals surface area contributed by atoms with Crippen molar-refractivity contribution in [1.82, 2.24) is 0 Å². The van der Waals surface area contributed by atoms with Crippen LogP contribution in [0.5, 0.6) is 0 Å². The maximum Gasteiger partial charge on any atom is 0.320 e. The van der Waals surface area contributed by atoms with Crippen LogP contribution in [0.4, 0.5) is 0 Å². The Morgan fingerprint density at radius 2 is 1.68 bits per heavy atom. The summed E-state index contributed by atoms with van der Waals surface area (Å²) in [5, 5.41) is 8.55. The summed E-state index contributed by atoms with van der Waals surface area (Å²) in [5.74, 6) is -1.44. The monoisotopic (exact) mass is 273 g/mol. The molecule has 0 fully saturated rings. The first-order valence-corrected chi connectivity index (χ1v) is 7.22. The average molecular weight is 273 g/mol.